The summed E-state index contributed by atoms with van der Waals surface area (Å²) in [5.74, 6) is -0.346. The van der Waals surface area contributed by atoms with E-state index in [0.29, 0.717) is 22.1 Å². The Morgan fingerprint density at radius 3 is 2.42 bits per heavy atom. The maximum absolute atomic E-state index is 12.4. The van der Waals surface area contributed by atoms with Crippen LogP contribution in [0.5, 0.6) is 11.5 Å². The molecule has 7 nitrogen and oxygen atoms in total. The highest BCUT2D eigenvalue weighted by Gasteiger charge is 2.37. The molecular weight excluding hydrogens is 382 g/mol. The van der Waals surface area contributed by atoms with Crippen LogP contribution in [-0.4, -0.2) is 48.9 Å². The Balaban J connectivity index is 2.26. The van der Waals surface area contributed by atoms with E-state index >= 15 is 0 Å². The number of ether oxygens (including phenoxy) is 3. The lowest BCUT2D eigenvalue weighted by molar-refractivity contribution is -0.149. The van der Waals surface area contributed by atoms with Gasteiger partial charge in [-0.2, -0.15) is 0 Å². The number of halogens is 1. The number of methoxy groups -OCH3 is 2. The first-order valence-electron chi connectivity index (χ1n) is 7.63. The summed E-state index contributed by atoms with van der Waals surface area (Å²) in [7, 11) is 2.96. The first-order chi connectivity index (χ1) is 12.3. The SMILES string of the molecule is COc1cc(Cl)c(/C=C2/SC(=O)N(CC(=O)OC(C)C)C2=O)cc1OC. The van der Waals surface area contributed by atoms with Crippen LogP contribution in [0.1, 0.15) is 19.4 Å². The van der Waals surface area contributed by atoms with Gasteiger partial charge < -0.3 is 14.2 Å². The lowest BCUT2D eigenvalue weighted by atomic mass is 10.1. The summed E-state index contributed by atoms with van der Waals surface area (Å²) in [6.07, 6.45) is 1.15. The van der Waals surface area contributed by atoms with E-state index in [0.717, 1.165) is 16.7 Å². The van der Waals surface area contributed by atoms with Gasteiger partial charge in [-0.1, -0.05) is 11.6 Å². The number of nitrogens with zero attached hydrogens (tertiary/aromatic N) is 1. The Morgan fingerprint density at radius 1 is 1.23 bits per heavy atom. The van der Waals surface area contributed by atoms with Crippen molar-refractivity contribution in [2.45, 2.75) is 20.0 Å². The zero-order chi connectivity index (χ0) is 19.4. The van der Waals surface area contributed by atoms with Gasteiger partial charge in [0, 0.05) is 6.07 Å². The first-order valence-corrected chi connectivity index (χ1v) is 8.82. The fourth-order valence-corrected chi connectivity index (χ4v) is 3.22. The molecular formula is C17H18ClNO6S. The molecule has 1 aromatic rings. The lowest BCUT2D eigenvalue weighted by Gasteiger charge is -2.13. The van der Waals surface area contributed by atoms with E-state index in [-0.39, 0.29) is 11.0 Å². The van der Waals surface area contributed by atoms with E-state index in [1.165, 1.54) is 20.3 Å². The Morgan fingerprint density at radius 2 is 1.85 bits per heavy atom. The van der Waals surface area contributed by atoms with Crippen LogP contribution in [0.3, 0.4) is 0 Å². The molecule has 1 fully saturated rings. The summed E-state index contributed by atoms with van der Waals surface area (Å²) in [6, 6.07) is 3.15. The van der Waals surface area contributed by atoms with Gasteiger partial charge >= 0.3 is 5.97 Å². The standard InChI is InChI=1S/C17H18ClNO6S/c1-9(2)25-15(20)8-19-16(21)14(26-17(19)22)6-10-5-12(23-3)13(24-4)7-11(10)18/h5-7,9H,8H2,1-4H3/b14-6+. The number of thioether (sulfide) groups is 1. The lowest BCUT2D eigenvalue weighted by Crippen LogP contribution is -2.35. The molecule has 9 heteroatoms. The minimum absolute atomic E-state index is 0.154. The summed E-state index contributed by atoms with van der Waals surface area (Å²) in [5, 5.41) is -0.216. The number of hydrogen-bond acceptors (Lipinski definition) is 7. The molecule has 0 saturated carbocycles. The van der Waals surface area contributed by atoms with Crippen molar-refractivity contribution in [1.29, 1.82) is 0 Å². The monoisotopic (exact) mass is 399 g/mol. The molecule has 1 aliphatic rings. The molecule has 0 aliphatic carbocycles. The second kappa shape index (κ2) is 8.46. The summed E-state index contributed by atoms with van der Waals surface area (Å²) in [4.78, 5) is 37.2. The quantitative estimate of drug-likeness (QED) is 0.535. The molecule has 1 aromatic carbocycles. The van der Waals surface area contributed by atoms with Crippen molar-refractivity contribution in [1.82, 2.24) is 4.90 Å². The second-order valence-corrected chi connectivity index (χ2v) is 6.94. The topological polar surface area (TPSA) is 82.1 Å². The van der Waals surface area contributed by atoms with Crippen molar-refractivity contribution in [2.24, 2.45) is 0 Å². The van der Waals surface area contributed by atoms with Crippen LogP contribution in [0.25, 0.3) is 6.08 Å². The van der Waals surface area contributed by atoms with Gasteiger partial charge in [0.25, 0.3) is 11.1 Å². The molecule has 1 aliphatic heterocycles. The van der Waals surface area contributed by atoms with Gasteiger partial charge in [-0.25, -0.2) is 0 Å². The third-order valence-corrected chi connectivity index (χ3v) is 4.55. The Labute approximate surface area is 160 Å². The number of hydrogen-bond donors (Lipinski definition) is 0. The van der Waals surface area contributed by atoms with Gasteiger partial charge in [0.2, 0.25) is 0 Å². The molecule has 2 amide bonds. The van der Waals surface area contributed by atoms with Crippen molar-refractivity contribution < 1.29 is 28.6 Å². The Bertz CT molecular complexity index is 777. The average Bonchev–Trinajstić information content (AvgIpc) is 2.83. The summed E-state index contributed by atoms with van der Waals surface area (Å²) >= 11 is 6.93. The number of carbonyl (C=O) groups excluding carboxylic acids is 3. The summed E-state index contributed by atoms with van der Waals surface area (Å²) < 4.78 is 15.3. The Hall–Kier alpha value is -2.19. The molecule has 0 spiro atoms. The van der Waals surface area contributed by atoms with E-state index in [1.54, 1.807) is 26.0 Å². The molecule has 1 saturated heterocycles. The molecule has 0 aromatic heterocycles. The van der Waals surface area contributed by atoms with Crippen molar-refractivity contribution in [3.05, 3.63) is 27.6 Å². The highest BCUT2D eigenvalue weighted by Crippen LogP contribution is 2.37. The highest BCUT2D eigenvalue weighted by atomic mass is 35.5. The normalized spacial score (nSPS) is 15.8. The van der Waals surface area contributed by atoms with E-state index in [4.69, 9.17) is 25.8 Å². The maximum atomic E-state index is 12.4. The van der Waals surface area contributed by atoms with Crippen LogP contribution in [-0.2, 0) is 14.3 Å². The van der Waals surface area contributed by atoms with Gasteiger partial charge in [-0.05, 0) is 43.3 Å². The number of carbonyl (C=O) groups is 3. The molecule has 0 N–H and O–H groups in total. The Kier molecular flexibility index (Phi) is 6.55. The van der Waals surface area contributed by atoms with Crippen LogP contribution in [0.4, 0.5) is 4.79 Å². The van der Waals surface area contributed by atoms with Gasteiger partial charge in [-0.3, -0.25) is 19.3 Å². The molecule has 140 valence electrons. The van der Waals surface area contributed by atoms with Crippen molar-refractivity contribution >= 4 is 46.6 Å². The average molecular weight is 400 g/mol. The number of benzene rings is 1. The fourth-order valence-electron chi connectivity index (χ4n) is 2.19. The predicted octanol–water partition coefficient (Wildman–Crippen LogP) is 3.35. The van der Waals surface area contributed by atoms with Crippen LogP contribution in [0.2, 0.25) is 5.02 Å². The van der Waals surface area contributed by atoms with Gasteiger partial charge in [0.15, 0.2) is 11.5 Å². The molecule has 0 bridgehead atoms. The van der Waals surface area contributed by atoms with Crippen LogP contribution in [0, 0.1) is 0 Å². The third kappa shape index (κ3) is 4.50. The van der Waals surface area contributed by atoms with Crippen LogP contribution >= 0.6 is 23.4 Å². The molecule has 26 heavy (non-hydrogen) atoms. The largest absolute Gasteiger partial charge is 0.493 e. The third-order valence-electron chi connectivity index (χ3n) is 3.32. The number of rotatable bonds is 6. The van der Waals surface area contributed by atoms with Crippen molar-refractivity contribution in [3.63, 3.8) is 0 Å². The van der Waals surface area contributed by atoms with E-state index < -0.39 is 23.7 Å². The second-order valence-electron chi connectivity index (χ2n) is 5.54. The van der Waals surface area contributed by atoms with Gasteiger partial charge in [0.05, 0.1) is 30.3 Å². The molecule has 0 atom stereocenters. The van der Waals surface area contributed by atoms with E-state index in [2.05, 4.69) is 0 Å². The smallest absolute Gasteiger partial charge is 0.326 e. The molecule has 2 rings (SSSR count). The van der Waals surface area contributed by atoms with Gasteiger partial charge in [0.1, 0.15) is 6.54 Å². The number of esters is 1. The number of amides is 2. The molecule has 1 heterocycles. The fraction of sp³-hybridized carbons (Fsp3) is 0.353. The van der Waals surface area contributed by atoms with E-state index in [1.807, 2.05) is 0 Å². The molecule has 0 radical (unpaired) electrons. The van der Waals surface area contributed by atoms with E-state index in [9.17, 15) is 14.4 Å². The van der Waals surface area contributed by atoms with Crippen molar-refractivity contribution in [3.8, 4) is 11.5 Å². The zero-order valence-electron chi connectivity index (χ0n) is 14.7. The minimum atomic E-state index is -0.646. The van der Waals surface area contributed by atoms with Gasteiger partial charge in [-0.15, -0.1) is 0 Å². The number of imide groups is 1. The van der Waals surface area contributed by atoms with Crippen LogP contribution < -0.4 is 9.47 Å². The first kappa shape index (κ1) is 20.1. The highest BCUT2D eigenvalue weighted by molar-refractivity contribution is 8.18. The maximum Gasteiger partial charge on any atom is 0.326 e. The van der Waals surface area contributed by atoms with Crippen LogP contribution in [0.15, 0.2) is 17.0 Å². The summed E-state index contributed by atoms with van der Waals surface area (Å²) in [5.41, 5.74) is 0.486. The summed E-state index contributed by atoms with van der Waals surface area (Å²) in [6.45, 7) is 2.94. The predicted molar refractivity (Wildman–Crippen MR) is 98.5 cm³/mol. The zero-order valence-corrected chi connectivity index (χ0v) is 16.3. The minimum Gasteiger partial charge on any atom is -0.493 e. The van der Waals surface area contributed by atoms with Crippen molar-refractivity contribution in [2.75, 3.05) is 20.8 Å². The molecule has 0 unspecified atom stereocenters.